The van der Waals surface area contributed by atoms with E-state index in [0.29, 0.717) is 11.7 Å². The van der Waals surface area contributed by atoms with Crippen LogP contribution in [0.5, 0.6) is 0 Å². The molecule has 26 heavy (non-hydrogen) atoms. The van der Waals surface area contributed by atoms with Gasteiger partial charge in [0.25, 0.3) is 0 Å². The highest BCUT2D eigenvalue weighted by Gasteiger charge is 2.29. The molecule has 1 saturated heterocycles. The maximum absolute atomic E-state index is 10.7. The number of likely N-dealkylation sites (tertiary alicyclic amines) is 1. The van der Waals surface area contributed by atoms with Crippen molar-refractivity contribution in [1.29, 1.82) is 0 Å². The van der Waals surface area contributed by atoms with Gasteiger partial charge in [0.15, 0.2) is 0 Å². The van der Waals surface area contributed by atoms with E-state index in [9.17, 15) is 4.79 Å². The smallest absolute Gasteiger partial charge is 0.144 e. The first-order chi connectivity index (χ1) is 12.6. The lowest BCUT2D eigenvalue weighted by Gasteiger charge is -2.29. The predicted octanol–water partition coefficient (Wildman–Crippen LogP) is 4.72. The second-order valence-corrected chi connectivity index (χ2v) is 6.62. The monoisotopic (exact) mass is 350 g/mol. The van der Waals surface area contributed by atoms with E-state index < -0.39 is 0 Å². The first-order valence-corrected chi connectivity index (χ1v) is 9.50. The van der Waals surface area contributed by atoms with Gasteiger partial charge < -0.3 is 10.6 Å². The van der Waals surface area contributed by atoms with Crippen molar-refractivity contribution in [3.63, 3.8) is 0 Å². The molecule has 0 aromatic heterocycles. The molecule has 0 bridgehead atoms. The van der Waals surface area contributed by atoms with Crippen LogP contribution in [0.4, 0.5) is 0 Å². The average Bonchev–Trinajstić information content (AvgIpc) is 3.00. The zero-order valence-corrected chi connectivity index (χ0v) is 16.2. The molecule has 2 rings (SSSR count). The molecule has 0 spiro atoms. The van der Waals surface area contributed by atoms with Gasteiger partial charge in [0.1, 0.15) is 6.29 Å². The molecule has 0 radical (unpaired) electrons. The summed E-state index contributed by atoms with van der Waals surface area (Å²) in [6.45, 7) is 7.45. The third-order valence-corrected chi connectivity index (χ3v) is 5.03. The van der Waals surface area contributed by atoms with Gasteiger partial charge in [-0.25, -0.2) is 0 Å². The van der Waals surface area contributed by atoms with Crippen molar-refractivity contribution in [2.45, 2.75) is 52.5 Å². The topological polar surface area (TPSA) is 46.3 Å². The number of nitrogens with zero attached hydrogens (tertiary/aromatic N) is 1. The second-order valence-electron chi connectivity index (χ2n) is 6.62. The lowest BCUT2D eigenvalue weighted by molar-refractivity contribution is -0.104. The van der Waals surface area contributed by atoms with Crippen molar-refractivity contribution in [2.75, 3.05) is 6.54 Å². The van der Waals surface area contributed by atoms with E-state index in [1.807, 2.05) is 25.2 Å². The summed E-state index contributed by atoms with van der Waals surface area (Å²) in [5.41, 5.74) is 14.9. The van der Waals surface area contributed by atoms with E-state index in [1.165, 1.54) is 29.3 Å². The fourth-order valence-corrected chi connectivity index (χ4v) is 3.57. The van der Waals surface area contributed by atoms with E-state index >= 15 is 0 Å². The fourth-order valence-electron chi connectivity index (χ4n) is 3.57. The molecule has 1 heterocycles. The van der Waals surface area contributed by atoms with Crippen molar-refractivity contribution < 1.29 is 4.79 Å². The molecule has 1 aliphatic heterocycles. The van der Waals surface area contributed by atoms with Crippen LogP contribution in [0.2, 0.25) is 0 Å². The first-order valence-electron chi connectivity index (χ1n) is 9.50. The number of nitrogens with two attached hydrogens (primary N) is 1. The van der Waals surface area contributed by atoms with Gasteiger partial charge in [-0.2, -0.15) is 0 Å². The Hall–Kier alpha value is -2.51. The van der Waals surface area contributed by atoms with Crippen LogP contribution in [0.3, 0.4) is 0 Å². The molecule has 1 fully saturated rings. The maximum atomic E-state index is 10.7. The summed E-state index contributed by atoms with van der Waals surface area (Å²) in [6.07, 6.45) is 18.8. The van der Waals surface area contributed by atoms with E-state index in [-0.39, 0.29) is 0 Å². The van der Waals surface area contributed by atoms with Gasteiger partial charge in [-0.1, -0.05) is 38.2 Å². The molecule has 1 aliphatic carbocycles. The number of rotatable bonds is 7. The largest absolute Gasteiger partial charge is 0.398 e. The molecule has 138 valence electrons. The van der Waals surface area contributed by atoms with Gasteiger partial charge in [-0.05, 0) is 55.9 Å². The molecule has 0 amide bonds. The van der Waals surface area contributed by atoms with Gasteiger partial charge in [-0.3, -0.25) is 4.79 Å². The minimum absolute atomic E-state index is 0.370. The second kappa shape index (κ2) is 9.84. The summed E-state index contributed by atoms with van der Waals surface area (Å²) >= 11 is 0. The summed E-state index contributed by atoms with van der Waals surface area (Å²) < 4.78 is 0. The zero-order chi connectivity index (χ0) is 18.9. The Morgan fingerprint density at radius 1 is 1.31 bits per heavy atom. The van der Waals surface area contributed by atoms with E-state index in [4.69, 9.17) is 5.73 Å². The van der Waals surface area contributed by atoms with Crippen molar-refractivity contribution >= 4 is 6.29 Å². The third kappa shape index (κ3) is 4.77. The number of aldehydes is 1. The number of carbonyl (C=O) groups is 1. The third-order valence-electron chi connectivity index (χ3n) is 5.03. The molecule has 0 aromatic rings. The van der Waals surface area contributed by atoms with Crippen LogP contribution in [0, 0.1) is 0 Å². The van der Waals surface area contributed by atoms with Crippen LogP contribution in [0.1, 0.15) is 46.5 Å². The van der Waals surface area contributed by atoms with Crippen LogP contribution >= 0.6 is 0 Å². The normalized spacial score (nSPS) is 21.6. The number of allylic oxidation sites excluding steroid dienone is 8. The van der Waals surface area contributed by atoms with Crippen LogP contribution in [-0.2, 0) is 4.79 Å². The molecule has 1 unspecified atom stereocenters. The Morgan fingerprint density at radius 2 is 2.12 bits per heavy atom. The quantitative estimate of drug-likeness (QED) is 0.313. The Bertz CT molecular complexity index is 740. The van der Waals surface area contributed by atoms with Crippen molar-refractivity contribution in [3.05, 3.63) is 76.4 Å². The minimum atomic E-state index is 0.370. The lowest BCUT2D eigenvalue weighted by Crippen LogP contribution is -2.29. The van der Waals surface area contributed by atoms with Gasteiger partial charge in [0, 0.05) is 29.6 Å². The van der Waals surface area contributed by atoms with Crippen LogP contribution in [0.15, 0.2) is 76.4 Å². The fraction of sp³-hybridized carbons (Fsp3) is 0.391. The summed E-state index contributed by atoms with van der Waals surface area (Å²) in [5.74, 6) is 0. The highest BCUT2D eigenvalue weighted by Crippen LogP contribution is 2.32. The SMILES string of the molecule is CCC1=CC=CC=C=C1C1CCCN1/C(C)=C/C=C(CC)/C(N)=C/C=O. The maximum Gasteiger partial charge on any atom is 0.144 e. The number of carbonyl (C=O) groups excluding carboxylic acids is 1. The van der Waals surface area contributed by atoms with Gasteiger partial charge in [-0.15, -0.1) is 5.73 Å². The molecule has 3 nitrogen and oxygen atoms in total. The Kier molecular flexibility index (Phi) is 7.50. The van der Waals surface area contributed by atoms with Gasteiger partial charge in [0.05, 0.1) is 6.04 Å². The van der Waals surface area contributed by atoms with Crippen LogP contribution in [-0.4, -0.2) is 23.8 Å². The molecular formula is C23H30N2O. The molecule has 0 aromatic carbocycles. The molecule has 0 saturated carbocycles. The summed E-state index contributed by atoms with van der Waals surface area (Å²) in [7, 11) is 0. The van der Waals surface area contributed by atoms with Gasteiger partial charge in [0.2, 0.25) is 0 Å². The van der Waals surface area contributed by atoms with E-state index in [1.54, 1.807) is 0 Å². The molecule has 2 aliphatic rings. The standard InChI is InChI=1S/C23H30N2O/c1-4-19-10-7-6-8-11-21(19)23-12-9-16-25(23)18(3)13-14-20(5-2)22(24)15-17-26/h6-8,10,13-15,17,23H,4-5,9,12,16,24H2,1-3H3/b18-13+,20-14+,22-15-. The summed E-state index contributed by atoms with van der Waals surface area (Å²) in [6, 6.07) is 0.370. The average molecular weight is 351 g/mol. The molecule has 1 atom stereocenters. The highest BCUT2D eigenvalue weighted by molar-refractivity contribution is 5.67. The van der Waals surface area contributed by atoms with E-state index in [2.05, 4.69) is 42.7 Å². The van der Waals surface area contributed by atoms with Crippen LogP contribution < -0.4 is 5.73 Å². The Labute approximate surface area is 157 Å². The minimum Gasteiger partial charge on any atom is -0.398 e. The number of hydrogen-bond acceptors (Lipinski definition) is 3. The first kappa shape index (κ1) is 19.8. The van der Waals surface area contributed by atoms with E-state index in [0.717, 1.165) is 37.7 Å². The van der Waals surface area contributed by atoms with Crippen molar-refractivity contribution in [1.82, 2.24) is 4.90 Å². The zero-order valence-electron chi connectivity index (χ0n) is 16.2. The Morgan fingerprint density at radius 3 is 2.81 bits per heavy atom. The molecule has 2 N–H and O–H groups in total. The lowest BCUT2D eigenvalue weighted by atomic mass is 9.95. The molecule has 3 heteroatoms. The summed E-state index contributed by atoms with van der Waals surface area (Å²) in [5, 5.41) is 0. The van der Waals surface area contributed by atoms with Gasteiger partial charge >= 0.3 is 0 Å². The summed E-state index contributed by atoms with van der Waals surface area (Å²) in [4.78, 5) is 13.1. The van der Waals surface area contributed by atoms with Crippen LogP contribution in [0.25, 0.3) is 0 Å². The predicted molar refractivity (Wildman–Crippen MR) is 109 cm³/mol. The van der Waals surface area contributed by atoms with Crippen molar-refractivity contribution in [3.8, 4) is 0 Å². The number of hydrogen-bond donors (Lipinski definition) is 1. The highest BCUT2D eigenvalue weighted by atomic mass is 16.1. The molecular weight excluding hydrogens is 320 g/mol. The van der Waals surface area contributed by atoms with Crippen molar-refractivity contribution in [2.24, 2.45) is 5.73 Å². The Balaban J connectivity index is 2.28.